The maximum absolute atomic E-state index is 12.8. The molecule has 0 N–H and O–H groups in total. The van der Waals surface area contributed by atoms with Gasteiger partial charge >= 0.3 is 0 Å². The predicted octanol–water partition coefficient (Wildman–Crippen LogP) is 6.85. The normalized spacial score (nSPS) is 15.0. The zero-order valence-electron chi connectivity index (χ0n) is 19.1. The maximum Gasteiger partial charge on any atom is 0.161 e. The monoisotopic (exact) mass is 426 g/mol. The summed E-state index contributed by atoms with van der Waals surface area (Å²) in [6.07, 6.45) is 5.00. The number of ether oxygens (including phenoxy) is 2. The summed E-state index contributed by atoms with van der Waals surface area (Å²) in [5, 5.41) is 0. The lowest BCUT2D eigenvalue weighted by atomic mass is 9.76. The SMILES string of the molecule is COc1ccc(/C=C(\C)CC(=O)CCC2Cc3ccccc3-c3ccccc32)cc1OC. The molecule has 3 aromatic rings. The van der Waals surface area contributed by atoms with E-state index in [-0.39, 0.29) is 5.78 Å². The summed E-state index contributed by atoms with van der Waals surface area (Å²) < 4.78 is 10.7. The molecule has 0 spiro atoms. The van der Waals surface area contributed by atoms with Crippen LogP contribution in [0.4, 0.5) is 0 Å². The Morgan fingerprint density at radius 1 is 0.938 bits per heavy atom. The van der Waals surface area contributed by atoms with Gasteiger partial charge in [-0.2, -0.15) is 0 Å². The van der Waals surface area contributed by atoms with E-state index in [1.165, 1.54) is 22.3 Å². The zero-order chi connectivity index (χ0) is 22.5. The molecule has 0 bridgehead atoms. The van der Waals surface area contributed by atoms with E-state index in [0.717, 1.165) is 24.0 Å². The van der Waals surface area contributed by atoms with Crippen molar-refractivity contribution in [3.8, 4) is 22.6 Å². The Morgan fingerprint density at radius 3 is 2.44 bits per heavy atom. The number of carbonyl (C=O) groups is 1. The number of methoxy groups -OCH3 is 2. The van der Waals surface area contributed by atoms with Gasteiger partial charge in [-0.15, -0.1) is 0 Å². The summed E-state index contributed by atoms with van der Waals surface area (Å²) in [4.78, 5) is 12.8. The fourth-order valence-electron chi connectivity index (χ4n) is 4.71. The summed E-state index contributed by atoms with van der Waals surface area (Å²) >= 11 is 0. The first-order valence-corrected chi connectivity index (χ1v) is 11.2. The molecule has 3 heteroatoms. The van der Waals surface area contributed by atoms with Gasteiger partial charge in [0.25, 0.3) is 0 Å². The lowest BCUT2D eigenvalue weighted by Gasteiger charge is -2.27. The highest BCUT2D eigenvalue weighted by Crippen LogP contribution is 2.41. The third kappa shape index (κ3) is 4.77. The number of hydrogen-bond donors (Lipinski definition) is 0. The van der Waals surface area contributed by atoms with Crippen molar-refractivity contribution in [1.29, 1.82) is 0 Å². The van der Waals surface area contributed by atoms with Crippen LogP contribution in [0.1, 0.15) is 48.8 Å². The lowest BCUT2D eigenvalue weighted by Crippen LogP contribution is -2.13. The minimum absolute atomic E-state index is 0.288. The number of hydrogen-bond acceptors (Lipinski definition) is 3. The Hall–Kier alpha value is -3.33. The van der Waals surface area contributed by atoms with Gasteiger partial charge in [0, 0.05) is 12.8 Å². The Bertz CT molecular complexity index is 1140. The Labute approximate surface area is 190 Å². The first-order valence-electron chi connectivity index (χ1n) is 11.2. The summed E-state index contributed by atoms with van der Waals surface area (Å²) in [6.45, 7) is 2.01. The summed E-state index contributed by atoms with van der Waals surface area (Å²) in [5.41, 5.74) is 7.46. The van der Waals surface area contributed by atoms with Crippen molar-refractivity contribution in [3.63, 3.8) is 0 Å². The van der Waals surface area contributed by atoms with Crippen molar-refractivity contribution >= 4 is 11.9 Å². The van der Waals surface area contributed by atoms with Crippen LogP contribution in [0.2, 0.25) is 0 Å². The molecule has 0 saturated heterocycles. The van der Waals surface area contributed by atoms with Crippen LogP contribution in [0, 0.1) is 0 Å². The first kappa shape index (κ1) is 21.9. The van der Waals surface area contributed by atoms with E-state index >= 15 is 0 Å². The smallest absolute Gasteiger partial charge is 0.161 e. The minimum Gasteiger partial charge on any atom is -0.493 e. The highest BCUT2D eigenvalue weighted by Gasteiger charge is 2.24. The molecule has 0 amide bonds. The quantitative estimate of drug-likeness (QED) is 0.395. The number of rotatable bonds is 8. The molecule has 0 aromatic heterocycles. The fourth-order valence-corrected chi connectivity index (χ4v) is 4.71. The fraction of sp³-hybridized carbons (Fsp3) is 0.276. The van der Waals surface area contributed by atoms with Gasteiger partial charge in [0.1, 0.15) is 5.78 Å². The van der Waals surface area contributed by atoms with Gasteiger partial charge in [0.05, 0.1) is 14.2 Å². The first-order chi connectivity index (χ1) is 15.6. The van der Waals surface area contributed by atoms with Gasteiger partial charge in [-0.3, -0.25) is 4.79 Å². The van der Waals surface area contributed by atoms with Crippen molar-refractivity contribution in [2.75, 3.05) is 14.2 Å². The summed E-state index contributed by atoms with van der Waals surface area (Å²) in [5.74, 6) is 2.07. The average molecular weight is 427 g/mol. The minimum atomic E-state index is 0.288. The molecular formula is C29H30O3. The third-order valence-corrected chi connectivity index (χ3v) is 6.24. The lowest BCUT2D eigenvalue weighted by molar-refractivity contribution is -0.118. The highest BCUT2D eigenvalue weighted by molar-refractivity contribution is 5.82. The number of ketones is 1. The molecule has 1 unspecified atom stereocenters. The van der Waals surface area contributed by atoms with E-state index in [9.17, 15) is 4.79 Å². The molecule has 0 aliphatic heterocycles. The molecule has 1 aliphatic rings. The van der Waals surface area contributed by atoms with Crippen LogP contribution in [0.5, 0.6) is 11.5 Å². The number of Topliss-reactive ketones (excluding diaryl/α,β-unsaturated/α-hetero) is 1. The summed E-state index contributed by atoms with van der Waals surface area (Å²) in [6, 6.07) is 23.1. The average Bonchev–Trinajstić information content (AvgIpc) is 2.82. The second-order valence-corrected chi connectivity index (χ2v) is 8.50. The number of allylic oxidation sites excluding steroid dienone is 1. The van der Waals surface area contributed by atoms with Gasteiger partial charge in [-0.25, -0.2) is 0 Å². The Balaban J connectivity index is 1.41. The molecule has 1 aliphatic carbocycles. The van der Waals surface area contributed by atoms with E-state index in [1.807, 2.05) is 31.2 Å². The molecule has 0 saturated carbocycles. The molecule has 0 radical (unpaired) electrons. The largest absolute Gasteiger partial charge is 0.493 e. The molecule has 4 rings (SSSR count). The van der Waals surface area contributed by atoms with Crippen LogP contribution in [-0.2, 0) is 11.2 Å². The van der Waals surface area contributed by atoms with Gasteiger partial charge in [0.2, 0.25) is 0 Å². The van der Waals surface area contributed by atoms with Crippen LogP contribution in [-0.4, -0.2) is 20.0 Å². The van der Waals surface area contributed by atoms with Crippen LogP contribution in [0.15, 0.2) is 72.3 Å². The number of fused-ring (bicyclic) bond motifs is 3. The molecule has 1 atom stereocenters. The number of carbonyl (C=O) groups excluding carboxylic acids is 1. The zero-order valence-corrected chi connectivity index (χ0v) is 19.1. The van der Waals surface area contributed by atoms with Crippen LogP contribution in [0.25, 0.3) is 17.2 Å². The van der Waals surface area contributed by atoms with Gasteiger partial charge in [-0.05, 0) is 65.6 Å². The third-order valence-electron chi connectivity index (χ3n) is 6.24. The second kappa shape index (κ2) is 9.86. The van der Waals surface area contributed by atoms with E-state index < -0.39 is 0 Å². The Morgan fingerprint density at radius 2 is 1.66 bits per heavy atom. The van der Waals surface area contributed by atoms with E-state index in [0.29, 0.717) is 30.3 Å². The van der Waals surface area contributed by atoms with Crippen molar-refractivity contribution in [1.82, 2.24) is 0 Å². The van der Waals surface area contributed by atoms with Crippen molar-refractivity contribution in [2.24, 2.45) is 0 Å². The van der Waals surface area contributed by atoms with Gasteiger partial charge in [0.15, 0.2) is 11.5 Å². The molecule has 3 nitrogen and oxygen atoms in total. The Kier molecular flexibility index (Phi) is 6.75. The second-order valence-electron chi connectivity index (χ2n) is 8.50. The molecule has 0 fully saturated rings. The summed E-state index contributed by atoms with van der Waals surface area (Å²) in [7, 11) is 3.25. The van der Waals surface area contributed by atoms with Gasteiger partial charge < -0.3 is 9.47 Å². The van der Waals surface area contributed by atoms with Crippen LogP contribution >= 0.6 is 0 Å². The van der Waals surface area contributed by atoms with Crippen LogP contribution < -0.4 is 9.47 Å². The van der Waals surface area contributed by atoms with E-state index in [1.54, 1.807) is 14.2 Å². The molecular weight excluding hydrogens is 396 g/mol. The van der Waals surface area contributed by atoms with E-state index in [2.05, 4.69) is 48.5 Å². The van der Waals surface area contributed by atoms with Crippen LogP contribution in [0.3, 0.4) is 0 Å². The molecule has 0 heterocycles. The number of benzene rings is 3. The molecule has 164 valence electrons. The van der Waals surface area contributed by atoms with E-state index in [4.69, 9.17) is 9.47 Å². The van der Waals surface area contributed by atoms with Crippen molar-refractivity contribution < 1.29 is 14.3 Å². The van der Waals surface area contributed by atoms with Gasteiger partial charge in [-0.1, -0.05) is 66.2 Å². The maximum atomic E-state index is 12.8. The highest BCUT2D eigenvalue weighted by atomic mass is 16.5. The topological polar surface area (TPSA) is 35.5 Å². The molecule has 32 heavy (non-hydrogen) atoms. The molecule has 3 aromatic carbocycles. The van der Waals surface area contributed by atoms with Crippen molar-refractivity contribution in [2.45, 2.75) is 38.5 Å². The van der Waals surface area contributed by atoms with Crippen molar-refractivity contribution in [3.05, 3.63) is 89.0 Å². The predicted molar refractivity (Wildman–Crippen MR) is 130 cm³/mol. The standard InChI is InChI=1S/C29H30O3/c1-20(16-21-12-15-28(31-2)29(18-21)32-3)17-24(30)14-13-23-19-22-8-4-5-9-25(22)27-11-7-6-10-26(23)27/h4-12,15-16,18,23H,13-14,17,19H2,1-3H3/b20-16+.